The Balaban J connectivity index is 2.78. The number of carbonyl (C=O) groups is 2. The van der Waals surface area contributed by atoms with Gasteiger partial charge in [0.25, 0.3) is 0 Å². The van der Waals surface area contributed by atoms with Crippen LogP contribution in [-0.2, 0) is 14.3 Å². The van der Waals surface area contributed by atoms with Gasteiger partial charge in [-0.25, -0.2) is 9.59 Å². The van der Waals surface area contributed by atoms with Crippen LogP contribution in [0.1, 0.15) is 48.0 Å². The highest BCUT2D eigenvalue weighted by molar-refractivity contribution is 5.81. The monoisotopic (exact) mass is 287 g/mol. The number of carboxylic acid groups (broad SMARTS) is 1. The van der Waals surface area contributed by atoms with Crippen LogP contribution in [0.4, 0.5) is 4.79 Å². The van der Waals surface area contributed by atoms with E-state index in [1.54, 1.807) is 20.8 Å². The number of carbonyl (C=O) groups excluding carboxylic acids is 1. The molecule has 0 bridgehead atoms. The summed E-state index contributed by atoms with van der Waals surface area (Å²) in [5.74, 6) is -1.03. The number of carboxylic acids is 1. The molecule has 1 aliphatic rings. The van der Waals surface area contributed by atoms with Crippen LogP contribution < -0.4 is 0 Å². The molecule has 1 aliphatic heterocycles. The lowest BCUT2D eigenvalue weighted by Crippen LogP contribution is -2.43. The van der Waals surface area contributed by atoms with Crippen molar-refractivity contribution >= 4 is 12.1 Å². The molecule has 6 heteroatoms. The average molecular weight is 287 g/mol. The minimum absolute atomic E-state index is 0.239. The van der Waals surface area contributed by atoms with Gasteiger partial charge in [0.05, 0.1) is 18.2 Å². The molecule has 0 aromatic carbocycles. The van der Waals surface area contributed by atoms with Crippen molar-refractivity contribution in [2.45, 2.75) is 71.3 Å². The zero-order chi connectivity index (χ0) is 15.7. The van der Waals surface area contributed by atoms with E-state index in [1.165, 1.54) is 4.90 Å². The van der Waals surface area contributed by atoms with Gasteiger partial charge in [0.1, 0.15) is 11.6 Å². The molecule has 1 N–H and O–H groups in total. The Morgan fingerprint density at radius 2 is 1.65 bits per heavy atom. The zero-order valence-electron chi connectivity index (χ0n) is 13.1. The minimum Gasteiger partial charge on any atom is -0.480 e. The van der Waals surface area contributed by atoms with Crippen molar-refractivity contribution in [2.24, 2.45) is 0 Å². The summed E-state index contributed by atoms with van der Waals surface area (Å²) in [6.45, 7) is 11.2. The summed E-state index contributed by atoms with van der Waals surface area (Å²) < 4.78 is 11.0. The Morgan fingerprint density at radius 3 is 2.05 bits per heavy atom. The predicted octanol–water partition coefficient (Wildman–Crippen LogP) is 2.26. The standard InChI is InChI=1S/C14H25NO5/c1-13(2,3)19-9-7-10(11(16)17)15(8-9)12(18)20-14(4,5)6/h9-10H,7-8H2,1-6H3,(H,16,17)/t9?,10-/m0/s1. The molecule has 1 unspecified atom stereocenters. The van der Waals surface area contributed by atoms with E-state index in [0.717, 1.165) is 0 Å². The Hall–Kier alpha value is -1.30. The molecule has 0 radical (unpaired) electrons. The lowest BCUT2D eigenvalue weighted by Gasteiger charge is -2.27. The normalized spacial score (nSPS) is 23.8. The van der Waals surface area contributed by atoms with Crippen LogP contribution in [0.2, 0.25) is 0 Å². The molecule has 1 fully saturated rings. The molecule has 1 heterocycles. The van der Waals surface area contributed by atoms with E-state index in [9.17, 15) is 14.7 Å². The summed E-state index contributed by atoms with van der Waals surface area (Å²) in [6, 6.07) is -0.891. The fourth-order valence-corrected chi connectivity index (χ4v) is 2.14. The van der Waals surface area contributed by atoms with Gasteiger partial charge in [-0.15, -0.1) is 0 Å². The van der Waals surface area contributed by atoms with Gasteiger partial charge in [0.15, 0.2) is 0 Å². The van der Waals surface area contributed by atoms with Crippen molar-refractivity contribution in [3.63, 3.8) is 0 Å². The quantitative estimate of drug-likeness (QED) is 0.843. The third-order valence-electron chi connectivity index (χ3n) is 2.70. The molecule has 0 saturated carbocycles. The fourth-order valence-electron chi connectivity index (χ4n) is 2.14. The Kier molecular flexibility index (Phi) is 4.69. The lowest BCUT2D eigenvalue weighted by molar-refractivity contribution is -0.142. The number of ether oxygens (including phenoxy) is 2. The average Bonchev–Trinajstić information content (AvgIpc) is 2.56. The first kappa shape index (κ1) is 16.8. The maximum atomic E-state index is 12.1. The molecular weight excluding hydrogens is 262 g/mol. The number of likely N-dealkylation sites (tertiary alicyclic amines) is 1. The van der Waals surface area contributed by atoms with Crippen LogP contribution in [0, 0.1) is 0 Å². The first-order chi connectivity index (χ1) is 8.89. The fraction of sp³-hybridized carbons (Fsp3) is 0.857. The molecule has 1 amide bonds. The second-order valence-corrected chi connectivity index (χ2v) is 7.07. The SMILES string of the molecule is CC(C)(C)OC(=O)N1CC(OC(C)(C)C)C[C@H]1C(=O)O. The smallest absolute Gasteiger partial charge is 0.411 e. The number of nitrogens with zero attached hydrogens (tertiary/aromatic N) is 1. The molecule has 0 aliphatic carbocycles. The molecule has 20 heavy (non-hydrogen) atoms. The summed E-state index contributed by atoms with van der Waals surface area (Å²) in [4.78, 5) is 24.6. The lowest BCUT2D eigenvalue weighted by atomic mass is 10.1. The van der Waals surface area contributed by atoms with Gasteiger partial charge >= 0.3 is 12.1 Å². The summed E-state index contributed by atoms with van der Waals surface area (Å²) >= 11 is 0. The predicted molar refractivity (Wildman–Crippen MR) is 73.6 cm³/mol. The van der Waals surface area contributed by atoms with Crippen molar-refractivity contribution in [1.82, 2.24) is 4.90 Å². The maximum absolute atomic E-state index is 12.1. The van der Waals surface area contributed by atoms with E-state index in [-0.39, 0.29) is 24.7 Å². The van der Waals surface area contributed by atoms with Crippen molar-refractivity contribution in [2.75, 3.05) is 6.54 Å². The van der Waals surface area contributed by atoms with Crippen molar-refractivity contribution < 1.29 is 24.2 Å². The number of rotatable bonds is 2. The van der Waals surface area contributed by atoms with E-state index in [1.807, 2.05) is 20.8 Å². The van der Waals surface area contributed by atoms with Crippen LogP contribution in [0.5, 0.6) is 0 Å². The van der Waals surface area contributed by atoms with Gasteiger partial charge < -0.3 is 14.6 Å². The molecule has 2 atom stereocenters. The summed E-state index contributed by atoms with van der Waals surface area (Å²) in [5.41, 5.74) is -1.03. The van der Waals surface area contributed by atoms with Crippen LogP contribution >= 0.6 is 0 Å². The molecule has 1 saturated heterocycles. The minimum atomic E-state index is -1.03. The van der Waals surface area contributed by atoms with Gasteiger partial charge in [-0.1, -0.05) is 0 Å². The first-order valence-corrected chi connectivity index (χ1v) is 6.79. The molecule has 6 nitrogen and oxygen atoms in total. The van der Waals surface area contributed by atoms with Crippen LogP contribution in [0.25, 0.3) is 0 Å². The Bertz CT molecular complexity index is 380. The number of hydrogen-bond donors (Lipinski definition) is 1. The molecule has 116 valence electrons. The summed E-state index contributed by atoms with van der Waals surface area (Å²) in [5, 5.41) is 9.24. The van der Waals surface area contributed by atoms with E-state index < -0.39 is 23.7 Å². The Morgan fingerprint density at radius 1 is 1.10 bits per heavy atom. The number of aliphatic carboxylic acids is 1. The first-order valence-electron chi connectivity index (χ1n) is 6.79. The van der Waals surface area contributed by atoms with E-state index in [2.05, 4.69) is 0 Å². The van der Waals surface area contributed by atoms with Crippen molar-refractivity contribution in [3.8, 4) is 0 Å². The highest BCUT2D eigenvalue weighted by atomic mass is 16.6. The van der Waals surface area contributed by atoms with Crippen molar-refractivity contribution in [1.29, 1.82) is 0 Å². The Labute approximate surface area is 120 Å². The maximum Gasteiger partial charge on any atom is 0.411 e. The molecule has 0 aromatic rings. The molecule has 1 rings (SSSR count). The van der Waals surface area contributed by atoms with Gasteiger partial charge in [0.2, 0.25) is 0 Å². The number of amides is 1. The topological polar surface area (TPSA) is 76.1 Å². The second-order valence-electron chi connectivity index (χ2n) is 7.07. The summed E-state index contributed by atoms with van der Waals surface area (Å²) in [6.07, 6.45) is -0.611. The third kappa shape index (κ3) is 5.00. The zero-order valence-corrected chi connectivity index (χ0v) is 13.1. The van der Waals surface area contributed by atoms with Gasteiger partial charge in [-0.3, -0.25) is 4.90 Å². The van der Waals surface area contributed by atoms with Gasteiger partial charge in [0, 0.05) is 6.42 Å². The molecule has 0 spiro atoms. The summed E-state index contributed by atoms with van der Waals surface area (Å²) in [7, 11) is 0. The van der Waals surface area contributed by atoms with Crippen LogP contribution in [0.15, 0.2) is 0 Å². The third-order valence-corrected chi connectivity index (χ3v) is 2.70. The van der Waals surface area contributed by atoms with Crippen LogP contribution in [0.3, 0.4) is 0 Å². The molecular formula is C14H25NO5. The van der Waals surface area contributed by atoms with E-state index >= 15 is 0 Å². The van der Waals surface area contributed by atoms with Crippen LogP contribution in [-0.4, -0.2) is 52.0 Å². The highest BCUT2D eigenvalue weighted by Gasteiger charge is 2.43. The van der Waals surface area contributed by atoms with Crippen molar-refractivity contribution in [3.05, 3.63) is 0 Å². The number of hydrogen-bond acceptors (Lipinski definition) is 4. The van der Waals surface area contributed by atoms with Gasteiger partial charge in [-0.05, 0) is 41.5 Å². The van der Waals surface area contributed by atoms with Gasteiger partial charge in [-0.2, -0.15) is 0 Å². The molecule has 0 aromatic heterocycles. The van der Waals surface area contributed by atoms with E-state index in [4.69, 9.17) is 9.47 Å². The highest BCUT2D eigenvalue weighted by Crippen LogP contribution is 2.26. The largest absolute Gasteiger partial charge is 0.480 e. The second kappa shape index (κ2) is 5.60. The van der Waals surface area contributed by atoms with E-state index in [0.29, 0.717) is 0 Å².